The Balaban J connectivity index is 1.70. The molecule has 140 valence electrons. The van der Waals surface area contributed by atoms with Gasteiger partial charge in [0.05, 0.1) is 5.69 Å². The molecule has 0 radical (unpaired) electrons. The number of aromatic amines is 1. The van der Waals surface area contributed by atoms with Crippen LogP contribution in [0.1, 0.15) is 5.69 Å². The van der Waals surface area contributed by atoms with Crippen LogP contribution in [0, 0.1) is 12.7 Å². The number of H-pyrrole nitrogens is 1. The predicted molar refractivity (Wildman–Crippen MR) is 110 cm³/mol. The maximum atomic E-state index is 14.3. The third-order valence-electron chi connectivity index (χ3n) is 4.73. The molecule has 0 atom stereocenters. The van der Waals surface area contributed by atoms with E-state index >= 15 is 0 Å². The van der Waals surface area contributed by atoms with Gasteiger partial charge in [-0.1, -0.05) is 24.3 Å². The fourth-order valence-corrected chi connectivity index (χ4v) is 3.36. The molecule has 0 spiro atoms. The summed E-state index contributed by atoms with van der Waals surface area (Å²) >= 11 is 0. The summed E-state index contributed by atoms with van der Waals surface area (Å²) in [6.45, 7) is 1.93. The second-order valence-electron chi connectivity index (χ2n) is 6.74. The number of halogens is 1. The van der Waals surface area contributed by atoms with Gasteiger partial charge in [-0.25, -0.2) is 19.3 Å². The molecule has 5 aromatic rings. The largest absolute Gasteiger partial charge is 0.346 e. The Hall–Kier alpha value is -3.93. The normalized spacial score (nSPS) is 11.1. The molecule has 0 aliphatic heterocycles. The summed E-state index contributed by atoms with van der Waals surface area (Å²) in [5.74, 6) is 0.237. The third-order valence-corrected chi connectivity index (χ3v) is 4.73. The van der Waals surface area contributed by atoms with Gasteiger partial charge in [0, 0.05) is 46.4 Å². The van der Waals surface area contributed by atoms with Crippen molar-refractivity contribution in [2.75, 3.05) is 0 Å². The molecule has 0 aliphatic rings. The predicted octanol–water partition coefficient (Wildman–Crippen LogP) is 5.20. The van der Waals surface area contributed by atoms with Gasteiger partial charge in [-0.05, 0) is 37.3 Å². The van der Waals surface area contributed by atoms with E-state index in [0.717, 1.165) is 22.3 Å². The van der Waals surface area contributed by atoms with Gasteiger partial charge < -0.3 is 4.98 Å². The average molecular weight is 381 g/mol. The highest BCUT2D eigenvalue weighted by Gasteiger charge is 2.14. The van der Waals surface area contributed by atoms with Crippen LogP contribution in [0.25, 0.3) is 44.9 Å². The Morgan fingerprint density at radius 1 is 0.862 bits per heavy atom. The first-order valence-electron chi connectivity index (χ1n) is 9.18. The van der Waals surface area contributed by atoms with E-state index in [0.29, 0.717) is 28.3 Å². The van der Waals surface area contributed by atoms with E-state index in [2.05, 4.69) is 19.9 Å². The summed E-state index contributed by atoms with van der Waals surface area (Å²) in [5.41, 5.74) is 5.00. The van der Waals surface area contributed by atoms with Crippen LogP contribution in [0.4, 0.5) is 4.39 Å². The van der Waals surface area contributed by atoms with Crippen molar-refractivity contribution in [1.82, 2.24) is 24.9 Å². The molecule has 0 saturated heterocycles. The lowest BCUT2D eigenvalue weighted by Crippen LogP contribution is -1.97. The summed E-state index contributed by atoms with van der Waals surface area (Å²) in [7, 11) is 0. The molecule has 1 aromatic carbocycles. The number of fused-ring (bicyclic) bond motifs is 1. The van der Waals surface area contributed by atoms with E-state index in [1.807, 2.05) is 49.5 Å². The highest BCUT2D eigenvalue weighted by Crippen LogP contribution is 2.31. The molecule has 0 amide bonds. The minimum Gasteiger partial charge on any atom is -0.346 e. The highest BCUT2D eigenvalue weighted by molar-refractivity contribution is 5.92. The molecular formula is C23H16FN5. The van der Waals surface area contributed by atoms with Crippen LogP contribution in [0.3, 0.4) is 0 Å². The topological polar surface area (TPSA) is 67.3 Å². The lowest BCUT2D eigenvalue weighted by Gasteiger charge is -2.09. The van der Waals surface area contributed by atoms with Crippen molar-refractivity contribution in [3.05, 3.63) is 84.7 Å². The van der Waals surface area contributed by atoms with Crippen LogP contribution in [-0.4, -0.2) is 24.9 Å². The summed E-state index contributed by atoms with van der Waals surface area (Å²) in [4.78, 5) is 21.4. The molecule has 4 aromatic heterocycles. The van der Waals surface area contributed by atoms with Gasteiger partial charge in [0.2, 0.25) is 0 Å². The fraction of sp³-hybridized carbons (Fsp3) is 0.0435. The zero-order chi connectivity index (χ0) is 19.8. The minimum absolute atomic E-state index is 0.287. The molecule has 0 bridgehead atoms. The van der Waals surface area contributed by atoms with E-state index < -0.39 is 0 Å². The van der Waals surface area contributed by atoms with Crippen LogP contribution in [-0.2, 0) is 0 Å². The first-order valence-corrected chi connectivity index (χ1v) is 9.18. The van der Waals surface area contributed by atoms with Crippen LogP contribution >= 0.6 is 0 Å². The third kappa shape index (κ3) is 3.14. The van der Waals surface area contributed by atoms with Gasteiger partial charge in [0.1, 0.15) is 17.2 Å². The van der Waals surface area contributed by atoms with Crippen LogP contribution in [0.2, 0.25) is 0 Å². The number of nitrogens with zero attached hydrogens (tertiary/aromatic N) is 4. The van der Waals surface area contributed by atoms with Gasteiger partial charge in [0.15, 0.2) is 5.82 Å². The van der Waals surface area contributed by atoms with Gasteiger partial charge in [0.25, 0.3) is 0 Å². The maximum Gasteiger partial charge on any atom is 0.180 e. The van der Waals surface area contributed by atoms with Crippen molar-refractivity contribution in [2.45, 2.75) is 6.92 Å². The van der Waals surface area contributed by atoms with Crippen LogP contribution in [0.5, 0.6) is 0 Å². The van der Waals surface area contributed by atoms with Gasteiger partial charge >= 0.3 is 0 Å². The quantitative estimate of drug-likeness (QED) is 0.467. The smallest absolute Gasteiger partial charge is 0.180 e. The zero-order valence-electron chi connectivity index (χ0n) is 15.6. The van der Waals surface area contributed by atoms with Crippen molar-refractivity contribution in [2.24, 2.45) is 0 Å². The number of benzene rings is 1. The number of pyridine rings is 2. The van der Waals surface area contributed by atoms with Gasteiger partial charge in [-0.2, -0.15) is 0 Å². The minimum atomic E-state index is -0.287. The lowest BCUT2D eigenvalue weighted by atomic mass is 10.0. The van der Waals surface area contributed by atoms with Crippen LogP contribution < -0.4 is 0 Å². The average Bonchev–Trinajstić information content (AvgIpc) is 3.22. The van der Waals surface area contributed by atoms with Crippen molar-refractivity contribution in [1.29, 1.82) is 0 Å². The van der Waals surface area contributed by atoms with Crippen molar-refractivity contribution in [3.8, 4) is 33.9 Å². The van der Waals surface area contributed by atoms with E-state index in [-0.39, 0.29) is 5.82 Å². The summed E-state index contributed by atoms with van der Waals surface area (Å²) in [6, 6.07) is 16.2. The highest BCUT2D eigenvalue weighted by atomic mass is 19.1. The van der Waals surface area contributed by atoms with Crippen molar-refractivity contribution < 1.29 is 4.39 Å². The number of hydrogen-bond donors (Lipinski definition) is 1. The molecule has 4 heterocycles. The number of rotatable bonds is 3. The van der Waals surface area contributed by atoms with E-state index in [9.17, 15) is 4.39 Å². The molecule has 0 fully saturated rings. The lowest BCUT2D eigenvalue weighted by molar-refractivity contribution is 0.631. The van der Waals surface area contributed by atoms with Crippen molar-refractivity contribution >= 4 is 11.0 Å². The van der Waals surface area contributed by atoms with Crippen LogP contribution in [0.15, 0.2) is 73.2 Å². The molecule has 0 unspecified atom stereocenters. The second-order valence-corrected chi connectivity index (χ2v) is 6.74. The number of aromatic nitrogens is 5. The molecule has 0 aliphatic carbocycles. The van der Waals surface area contributed by atoms with E-state index in [1.54, 1.807) is 24.5 Å². The van der Waals surface area contributed by atoms with Gasteiger partial charge in [-0.15, -0.1) is 0 Å². The number of hydrogen-bond acceptors (Lipinski definition) is 4. The Morgan fingerprint density at radius 2 is 1.72 bits per heavy atom. The van der Waals surface area contributed by atoms with E-state index in [4.69, 9.17) is 4.98 Å². The first-order chi connectivity index (χ1) is 14.2. The molecule has 5 nitrogen and oxygen atoms in total. The standard InChI is InChI=1S/C23H16FN5/c1-14-5-4-8-20(27-14)23-28-21(18-9-10-26-22(18)29-23)16-11-15(12-25-13-16)17-6-2-3-7-19(17)24/h2-13H,1H3,(H,26,28,29). The molecule has 29 heavy (non-hydrogen) atoms. The number of aryl methyl sites for hydroxylation is 1. The summed E-state index contributed by atoms with van der Waals surface area (Å²) in [5, 5.41) is 0.869. The van der Waals surface area contributed by atoms with E-state index in [1.165, 1.54) is 6.07 Å². The zero-order valence-corrected chi connectivity index (χ0v) is 15.6. The maximum absolute atomic E-state index is 14.3. The first kappa shape index (κ1) is 17.2. The summed E-state index contributed by atoms with van der Waals surface area (Å²) in [6.07, 6.45) is 5.21. The monoisotopic (exact) mass is 381 g/mol. The molecule has 0 saturated carbocycles. The molecular weight excluding hydrogens is 365 g/mol. The number of nitrogens with one attached hydrogen (secondary N) is 1. The molecule has 1 N–H and O–H groups in total. The summed E-state index contributed by atoms with van der Waals surface area (Å²) < 4.78 is 14.3. The Kier molecular flexibility index (Phi) is 4.09. The SMILES string of the molecule is Cc1cccc(-c2nc(-c3cncc(-c4ccccc4F)c3)c3cc[nH]c3n2)n1. The Morgan fingerprint density at radius 3 is 2.59 bits per heavy atom. The fourth-order valence-electron chi connectivity index (χ4n) is 3.36. The molecule has 5 rings (SSSR count). The Labute approximate surface area is 166 Å². The Bertz CT molecular complexity index is 1340. The van der Waals surface area contributed by atoms with Gasteiger partial charge in [-0.3, -0.25) is 4.98 Å². The van der Waals surface area contributed by atoms with Crippen molar-refractivity contribution in [3.63, 3.8) is 0 Å². The second kappa shape index (κ2) is 6.91. The molecule has 6 heteroatoms.